The quantitative estimate of drug-likeness (QED) is 0.311. The highest BCUT2D eigenvalue weighted by Crippen LogP contribution is 2.53. The predicted octanol–water partition coefficient (Wildman–Crippen LogP) is 2.65. The zero-order chi connectivity index (χ0) is 21.9. The zero-order valence-electron chi connectivity index (χ0n) is 15.5. The molecular weight excluding hydrogens is 513 g/mol. The number of hydrogen-bond acceptors (Lipinski definition) is 2. The van der Waals surface area contributed by atoms with Gasteiger partial charge >= 0.3 is 33.6 Å². The fourth-order valence-electron chi connectivity index (χ4n) is 2.63. The summed E-state index contributed by atoms with van der Waals surface area (Å²) in [4.78, 5) is 0. The third-order valence-electron chi connectivity index (χ3n) is 3.98. The molecule has 0 aromatic heterocycles. The minimum absolute atomic E-state index is 0.0294. The van der Waals surface area contributed by atoms with Crippen molar-refractivity contribution in [1.29, 1.82) is 0 Å². The zero-order valence-corrected chi connectivity index (χ0v) is 17.7. The molecule has 0 amide bonds. The summed E-state index contributed by atoms with van der Waals surface area (Å²) in [5.74, 6) is 0.538. The molecule has 0 fully saturated rings. The van der Waals surface area contributed by atoms with Crippen molar-refractivity contribution in [3.05, 3.63) is 73.4 Å². The molecule has 0 saturated carbocycles. The van der Waals surface area contributed by atoms with Crippen LogP contribution in [0.15, 0.2) is 55.1 Å². The van der Waals surface area contributed by atoms with Gasteiger partial charge in [0.25, 0.3) is 5.60 Å². The predicted molar refractivity (Wildman–Crippen MR) is 91.5 cm³/mol. The highest BCUT2D eigenvalue weighted by molar-refractivity contribution is 5.31. The summed E-state index contributed by atoms with van der Waals surface area (Å²) in [5, 5.41) is 0. The van der Waals surface area contributed by atoms with Crippen molar-refractivity contribution in [2.24, 2.45) is 0 Å². The topological polar surface area (TPSA) is 18.5 Å². The molecule has 0 radical (unpaired) electrons. The molecule has 0 aliphatic carbocycles. The molecule has 2 aromatic rings. The molecular formula is C20H18F6IO2+. The Morgan fingerprint density at radius 1 is 0.966 bits per heavy atom. The van der Waals surface area contributed by atoms with Crippen LogP contribution in [0.3, 0.4) is 0 Å². The van der Waals surface area contributed by atoms with E-state index in [4.69, 9.17) is 4.74 Å². The van der Waals surface area contributed by atoms with Crippen molar-refractivity contribution in [2.75, 3.05) is 13.7 Å². The second-order valence-corrected chi connectivity index (χ2v) is 8.96. The van der Waals surface area contributed by atoms with E-state index in [-0.39, 0.29) is 9.13 Å². The minimum Gasteiger partial charge on any atom is -0.497 e. The fraction of sp³-hybridized carbons (Fsp3) is 0.300. The molecule has 0 saturated heterocycles. The third kappa shape index (κ3) is 4.88. The third-order valence-corrected chi connectivity index (χ3v) is 6.84. The molecule has 0 atom stereocenters. The van der Waals surface area contributed by atoms with E-state index < -0.39 is 51.3 Å². The van der Waals surface area contributed by atoms with Crippen LogP contribution < -0.4 is 25.9 Å². The lowest BCUT2D eigenvalue weighted by atomic mass is 9.90. The van der Waals surface area contributed by atoms with Crippen LogP contribution in [0.2, 0.25) is 0 Å². The molecule has 0 aliphatic heterocycles. The maximum atomic E-state index is 13.9. The van der Waals surface area contributed by atoms with Crippen LogP contribution >= 0.6 is 0 Å². The Kier molecular flexibility index (Phi) is 7.26. The number of ether oxygens (including phenoxy) is 2. The number of methoxy groups -OCH3 is 1. The highest BCUT2D eigenvalue weighted by Gasteiger charge is 2.74. The van der Waals surface area contributed by atoms with Gasteiger partial charge < -0.3 is 9.47 Å². The smallest absolute Gasteiger partial charge is 0.431 e. The lowest BCUT2D eigenvalue weighted by Gasteiger charge is -2.37. The first-order chi connectivity index (χ1) is 13.5. The van der Waals surface area contributed by atoms with E-state index in [0.29, 0.717) is 9.32 Å². The maximum absolute atomic E-state index is 13.9. The molecule has 9 heteroatoms. The highest BCUT2D eigenvalue weighted by atomic mass is 127. The van der Waals surface area contributed by atoms with Crippen LogP contribution in [0, 0.1) is 14.1 Å². The molecule has 2 rings (SSSR count). The normalized spacial score (nSPS) is 12.7. The van der Waals surface area contributed by atoms with Gasteiger partial charge in [-0.25, -0.2) is 0 Å². The minimum atomic E-state index is -5.72. The van der Waals surface area contributed by atoms with E-state index >= 15 is 0 Å². The van der Waals surface area contributed by atoms with Gasteiger partial charge in [-0.05, 0) is 43.3 Å². The molecule has 2 aromatic carbocycles. The van der Waals surface area contributed by atoms with Crippen molar-refractivity contribution >= 4 is 0 Å². The fourth-order valence-corrected chi connectivity index (χ4v) is 5.21. The molecule has 0 unspecified atom stereocenters. The Morgan fingerprint density at radius 2 is 1.55 bits per heavy atom. The summed E-state index contributed by atoms with van der Waals surface area (Å²) in [7, 11) is 1.46. The van der Waals surface area contributed by atoms with Crippen molar-refractivity contribution in [3.8, 4) is 5.75 Å². The van der Waals surface area contributed by atoms with Gasteiger partial charge in [-0.1, -0.05) is 17.7 Å². The molecule has 0 heterocycles. The van der Waals surface area contributed by atoms with E-state index in [2.05, 4.69) is 11.3 Å². The van der Waals surface area contributed by atoms with Crippen LogP contribution in [0.1, 0.15) is 11.1 Å². The largest absolute Gasteiger partial charge is 0.497 e. The van der Waals surface area contributed by atoms with E-state index in [1.54, 1.807) is 24.3 Å². The van der Waals surface area contributed by atoms with Crippen LogP contribution in [-0.2, 0) is 10.3 Å². The Labute approximate surface area is 174 Å². The van der Waals surface area contributed by atoms with Gasteiger partial charge in [0.05, 0.1) is 19.3 Å². The van der Waals surface area contributed by atoms with Crippen LogP contribution in [0.4, 0.5) is 26.3 Å². The summed E-state index contributed by atoms with van der Waals surface area (Å²) >= 11 is -1.36. The standard InChI is InChI=1S/C20H18F6IO2/c1-4-11-29-18(19(21,22)23,20(24,25)26)16-12-13(2)5-10-17(16)27-14-6-8-15(28-3)9-7-14/h4-10,12H,1,11H2,2-3H3/q+1. The van der Waals surface area contributed by atoms with Crippen LogP contribution in [-0.4, -0.2) is 26.1 Å². The van der Waals surface area contributed by atoms with E-state index in [1.807, 2.05) is 0 Å². The SMILES string of the molecule is C=CCOC(c1cc(C)ccc1[I+]c1ccc(OC)cc1)(C(F)(F)F)C(F)(F)F. The van der Waals surface area contributed by atoms with Gasteiger partial charge in [0.1, 0.15) is 5.75 Å². The van der Waals surface area contributed by atoms with Gasteiger partial charge in [-0.3, -0.25) is 0 Å². The summed E-state index contributed by atoms with van der Waals surface area (Å²) in [5.41, 5.74) is -5.10. The van der Waals surface area contributed by atoms with Crippen molar-refractivity contribution in [1.82, 2.24) is 0 Å². The summed E-state index contributed by atoms with van der Waals surface area (Å²) in [6, 6.07) is 10.2. The average molecular weight is 531 g/mol. The lowest BCUT2D eigenvalue weighted by molar-refractivity contribution is -0.600. The Morgan fingerprint density at radius 3 is 2.03 bits per heavy atom. The molecule has 0 bridgehead atoms. The van der Waals surface area contributed by atoms with Gasteiger partial charge in [0.15, 0.2) is 3.57 Å². The van der Waals surface area contributed by atoms with Crippen molar-refractivity contribution in [3.63, 3.8) is 0 Å². The Bertz CT molecular complexity index is 830. The van der Waals surface area contributed by atoms with Gasteiger partial charge in [-0.15, -0.1) is 6.58 Å². The number of rotatable bonds is 7. The van der Waals surface area contributed by atoms with Crippen LogP contribution in [0.25, 0.3) is 0 Å². The first kappa shape index (κ1) is 23.5. The van der Waals surface area contributed by atoms with Gasteiger partial charge in [0, 0.05) is 0 Å². The van der Waals surface area contributed by atoms with E-state index in [9.17, 15) is 26.3 Å². The number of halogens is 7. The molecule has 0 N–H and O–H groups in total. The number of benzene rings is 2. The summed E-state index contributed by atoms with van der Waals surface area (Å²) in [6.07, 6.45) is -10.6. The number of alkyl halides is 6. The van der Waals surface area contributed by atoms with Crippen molar-refractivity contribution < 1.29 is 57.0 Å². The number of hydrogen-bond donors (Lipinski definition) is 0. The second-order valence-electron chi connectivity index (χ2n) is 6.01. The van der Waals surface area contributed by atoms with Crippen LogP contribution in [0.5, 0.6) is 5.75 Å². The second kappa shape index (κ2) is 8.95. The monoisotopic (exact) mass is 531 g/mol. The number of aryl methyl sites for hydroxylation is 1. The van der Waals surface area contributed by atoms with Gasteiger partial charge in [0.2, 0.25) is 3.57 Å². The molecule has 29 heavy (non-hydrogen) atoms. The first-order valence-electron chi connectivity index (χ1n) is 8.24. The Hall–Kier alpha value is -1.75. The maximum Gasteiger partial charge on any atom is 0.431 e. The van der Waals surface area contributed by atoms with E-state index in [0.717, 1.165) is 12.1 Å². The molecule has 0 spiro atoms. The first-order valence-corrected chi connectivity index (χ1v) is 10.4. The lowest BCUT2D eigenvalue weighted by Crippen LogP contribution is -3.61. The summed E-state index contributed by atoms with van der Waals surface area (Å²) < 4.78 is 93.8. The van der Waals surface area contributed by atoms with Gasteiger partial charge in [-0.2, -0.15) is 26.3 Å². The van der Waals surface area contributed by atoms with E-state index in [1.165, 1.54) is 26.2 Å². The van der Waals surface area contributed by atoms with Crippen molar-refractivity contribution in [2.45, 2.75) is 24.9 Å². The molecule has 0 aliphatic rings. The Balaban J connectivity index is 2.69. The summed E-state index contributed by atoms with van der Waals surface area (Å²) in [6.45, 7) is 3.71. The molecule has 158 valence electrons. The molecule has 2 nitrogen and oxygen atoms in total. The average Bonchev–Trinajstić information content (AvgIpc) is 2.62.